The van der Waals surface area contributed by atoms with Gasteiger partial charge < -0.3 is 14.8 Å². The van der Waals surface area contributed by atoms with Crippen molar-refractivity contribution in [1.29, 1.82) is 0 Å². The van der Waals surface area contributed by atoms with E-state index in [1.54, 1.807) is 0 Å². The molecule has 21 heavy (non-hydrogen) atoms. The van der Waals surface area contributed by atoms with E-state index in [0.29, 0.717) is 6.04 Å². The number of aryl methyl sites for hydroxylation is 1. The van der Waals surface area contributed by atoms with Crippen molar-refractivity contribution in [1.82, 2.24) is 14.8 Å². The van der Waals surface area contributed by atoms with Crippen LogP contribution in [0.1, 0.15) is 32.3 Å². The smallest absolute Gasteiger partial charge is 0.0481 e. The molecule has 0 radical (unpaired) electrons. The summed E-state index contributed by atoms with van der Waals surface area (Å²) in [5.41, 5.74) is 2.71. The van der Waals surface area contributed by atoms with Crippen LogP contribution in [-0.4, -0.2) is 35.6 Å². The Kier molecular flexibility index (Phi) is 5.83. The Labute approximate surface area is 128 Å². The zero-order valence-corrected chi connectivity index (χ0v) is 13.9. The SMILES string of the molecule is CC(C)N(C)CCCCNCc1cn(C)c2ccccc12. The second-order valence-electron chi connectivity index (χ2n) is 6.24. The Morgan fingerprint density at radius 3 is 2.71 bits per heavy atom. The van der Waals surface area contributed by atoms with Crippen LogP contribution in [0.25, 0.3) is 10.9 Å². The molecule has 0 aliphatic heterocycles. The number of fused-ring (bicyclic) bond motifs is 1. The minimum atomic E-state index is 0.647. The van der Waals surface area contributed by atoms with Gasteiger partial charge in [0, 0.05) is 36.7 Å². The predicted molar refractivity (Wildman–Crippen MR) is 91.6 cm³/mol. The number of hydrogen-bond acceptors (Lipinski definition) is 2. The van der Waals surface area contributed by atoms with Gasteiger partial charge in [-0.15, -0.1) is 0 Å². The van der Waals surface area contributed by atoms with Crippen LogP contribution in [0, 0.1) is 0 Å². The van der Waals surface area contributed by atoms with Crippen molar-refractivity contribution >= 4 is 10.9 Å². The van der Waals surface area contributed by atoms with Crippen molar-refractivity contribution in [2.24, 2.45) is 7.05 Å². The fraction of sp³-hybridized carbons (Fsp3) is 0.556. The number of benzene rings is 1. The summed E-state index contributed by atoms with van der Waals surface area (Å²) in [5, 5.41) is 4.95. The second-order valence-corrected chi connectivity index (χ2v) is 6.24. The van der Waals surface area contributed by atoms with Crippen molar-refractivity contribution in [2.45, 2.75) is 39.3 Å². The molecule has 0 aliphatic rings. The van der Waals surface area contributed by atoms with Crippen molar-refractivity contribution in [3.05, 3.63) is 36.0 Å². The highest BCUT2D eigenvalue weighted by atomic mass is 15.1. The van der Waals surface area contributed by atoms with Gasteiger partial charge in [0.05, 0.1) is 0 Å². The number of nitrogens with one attached hydrogen (secondary N) is 1. The Hall–Kier alpha value is -1.32. The van der Waals surface area contributed by atoms with Crippen molar-refractivity contribution < 1.29 is 0 Å². The standard InChI is InChI=1S/C18H29N3/c1-15(2)20(3)12-8-7-11-19-13-16-14-21(4)18-10-6-5-9-17(16)18/h5-6,9-10,14-15,19H,7-8,11-13H2,1-4H3. The van der Waals surface area contributed by atoms with Gasteiger partial charge in [-0.1, -0.05) is 18.2 Å². The van der Waals surface area contributed by atoms with E-state index in [1.807, 2.05) is 0 Å². The molecule has 0 saturated heterocycles. The molecule has 0 amide bonds. The van der Waals surface area contributed by atoms with E-state index >= 15 is 0 Å². The minimum absolute atomic E-state index is 0.647. The molecule has 1 N–H and O–H groups in total. The number of nitrogens with zero attached hydrogens (tertiary/aromatic N) is 2. The fourth-order valence-corrected chi connectivity index (χ4v) is 2.66. The molecule has 0 fully saturated rings. The summed E-state index contributed by atoms with van der Waals surface area (Å²) in [4.78, 5) is 2.41. The summed E-state index contributed by atoms with van der Waals surface area (Å²) in [6.45, 7) is 7.74. The molecule has 3 heteroatoms. The topological polar surface area (TPSA) is 20.2 Å². The number of hydrogen-bond donors (Lipinski definition) is 1. The summed E-state index contributed by atoms with van der Waals surface area (Å²) in [6, 6.07) is 9.26. The largest absolute Gasteiger partial charge is 0.350 e. The molecule has 2 rings (SSSR count). The van der Waals surface area contributed by atoms with E-state index in [1.165, 1.54) is 35.9 Å². The number of unbranched alkanes of at least 4 members (excludes halogenated alkanes) is 1. The molecule has 116 valence electrons. The average molecular weight is 287 g/mol. The molecule has 3 nitrogen and oxygen atoms in total. The second kappa shape index (κ2) is 7.62. The van der Waals surface area contributed by atoms with Crippen LogP contribution in [-0.2, 0) is 13.6 Å². The molecule has 0 atom stereocenters. The molecule has 2 aromatic rings. The molecule has 0 saturated carbocycles. The summed E-state index contributed by atoms with van der Waals surface area (Å²) >= 11 is 0. The van der Waals surface area contributed by atoms with Gasteiger partial charge in [-0.05, 0) is 58.5 Å². The zero-order valence-electron chi connectivity index (χ0n) is 13.9. The Balaban J connectivity index is 1.73. The lowest BCUT2D eigenvalue weighted by Crippen LogP contribution is -2.27. The number of para-hydroxylation sites is 1. The summed E-state index contributed by atoms with van der Waals surface area (Å²) in [7, 11) is 4.32. The Morgan fingerprint density at radius 2 is 1.95 bits per heavy atom. The van der Waals surface area contributed by atoms with Crippen LogP contribution in [0.15, 0.2) is 30.5 Å². The zero-order chi connectivity index (χ0) is 15.2. The Bertz CT molecular complexity index is 557. The minimum Gasteiger partial charge on any atom is -0.350 e. The first-order valence-corrected chi connectivity index (χ1v) is 8.03. The van der Waals surface area contributed by atoms with Crippen molar-refractivity contribution in [3.63, 3.8) is 0 Å². The van der Waals surface area contributed by atoms with Gasteiger partial charge in [0.2, 0.25) is 0 Å². The fourth-order valence-electron chi connectivity index (χ4n) is 2.66. The molecule has 0 unspecified atom stereocenters. The quantitative estimate of drug-likeness (QED) is 0.751. The first kappa shape index (κ1) is 16.1. The van der Waals surface area contributed by atoms with Gasteiger partial charge in [-0.2, -0.15) is 0 Å². The molecule has 0 bridgehead atoms. The molecule has 1 aromatic heterocycles. The van der Waals surface area contributed by atoms with Crippen LogP contribution >= 0.6 is 0 Å². The van der Waals surface area contributed by atoms with E-state index in [4.69, 9.17) is 0 Å². The molecular formula is C18H29N3. The van der Waals surface area contributed by atoms with Crippen LogP contribution in [0.5, 0.6) is 0 Å². The molecule has 0 spiro atoms. The molecule has 0 aliphatic carbocycles. The highest BCUT2D eigenvalue weighted by Gasteiger charge is 2.05. The van der Waals surface area contributed by atoms with Crippen molar-refractivity contribution in [2.75, 3.05) is 20.1 Å². The lowest BCUT2D eigenvalue weighted by atomic mass is 10.2. The normalized spacial score (nSPS) is 11.9. The maximum absolute atomic E-state index is 3.58. The monoisotopic (exact) mass is 287 g/mol. The number of aromatic nitrogens is 1. The van der Waals surface area contributed by atoms with E-state index in [-0.39, 0.29) is 0 Å². The summed E-state index contributed by atoms with van der Waals surface area (Å²) in [5.74, 6) is 0. The Morgan fingerprint density at radius 1 is 1.19 bits per heavy atom. The highest BCUT2D eigenvalue weighted by Crippen LogP contribution is 2.19. The lowest BCUT2D eigenvalue weighted by molar-refractivity contribution is 0.268. The first-order valence-electron chi connectivity index (χ1n) is 8.03. The third-order valence-electron chi connectivity index (χ3n) is 4.29. The van der Waals surface area contributed by atoms with Gasteiger partial charge in [0.25, 0.3) is 0 Å². The van der Waals surface area contributed by atoms with Crippen LogP contribution in [0.4, 0.5) is 0 Å². The molecular weight excluding hydrogens is 258 g/mol. The van der Waals surface area contributed by atoms with Gasteiger partial charge in [-0.25, -0.2) is 0 Å². The van der Waals surface area contributed by atoms with E-state index < -0.39 is 0 Å². The van der Waals surface area contributed by atoms with Gasteiger partial charge in [0.15, 0.2) is 0 Å². The lowest BCUT2D eigenvalue weighted by Gasteiger charge is -2.20. The number of rotatable bonds is 8. The summed E-state index contributed by atoms with van der Waals surface area (Å²) in [6.07, 6.45) is 4.74. The highest BCUT2D eigenvalue weighted by molar-refractivity contribution is 5.83. The molecule has 1 aromatic carbocycles. The molecule has 1 heterocycles. The van der Waals surface area contributed by atoms with Crippen LogP contribution in [0.2, 0.25) is 0 Å². The van der Waals surface area contributed by atoms with Gasteiger partial charge >= 0.3 is 0 Å². The van der Waals surface area contributed by atoms with Gasteiger partial charge in [-0.3, -0.25) is 0 Å². The van der Waals surface area contributed by atoms with Crippen LogP contribution < -0.4 is 5.32 Å². The average Bonchev–Trinajstić information content (AvgIpc) is 2.79. The maximum atomic E-state index is 3.58. The van der Waals surface area contributed by atoms with Crippen molar-refractivity contribution in [3.8, 4) is 0 Å². The predicted octanol–water partition coefficient (Wildman–Crippen LogP) is 3.39. The summed E-state index contributed by atoms with van der Waals surface area (Å²) < 4.78 is 2.21. The van der Waals surface area contributed by atoms with Gasteiger partial charge in [0.1, 0.15) is 0 Å². The third-order valence-corrected chi connectivity index (χ3v) is 4.29. The van der Waals surface area contributed by atoms with E-state index in [0.717, 1.165) is 13.1 Å². The first-order chi connectivity index (χ1) is 10.1. The van der Waals surface area contributed by atoms with E-state index in [9.17, 15) is 0 Å². The van der Waals surface area contributed by atoms with Crippen LogP contribution in [0.3, 0.4) is 0 Å². The third kappa shape index (κ3) is 4.32. The van der Waals surface area contributed by atoms with E-state index in [2.05, 4.69) is 73.2 Å². The maximum Gasteiger partial charge on any atom is 0.0481 e.